The molecule has 1 aromatic heterocycles. The Bertz CT molecular complexity index is 1900. The minimum absolute atomic E-state index is 0.0422. The van der Waals surface area contributed by atoms with E-state index in [2.05, 4.69) is 79.8 Å². The van der Waals surface area contributed by atoms with E-state index in [1.54, 1.807) is 14.1 Å². The van der Waals surface area contributed by atoms with Gasteiger partial charge in [0.1, 0.15) is 17.9 Å². The molecule has 0 saturated carbocycles. The Hall–Kier alpha value is -5.46. The lowest BCUT2D eigenvalue weighted by Crippen LogP contribution is -2.55. The summed E-state index contributed by atoms with van der Waals surface area (Å²) in [7, 11) is 3.09. The van der Waals surface area contributed by atoms with E-state index < -0.39 is 12.1 Å². The van der Waals surface area contributed by atoms with Crippen LogP contribution < -0.4 is 21.3 Å². The maximum atomic E-state index is 13.6. The van der Waals surface area contributed by atoms with Crippen LogP contribution >= 0.6 is 0 Å². The molecule has 0 radical (unpaired) electrons. The summed E-state index contributed by atoms with van der Waals surface area (Å²) in [6, 6.07) is 14.6. The molecule has 3 aliphatic rings. The number of hydrogen-bond acceptors (Lipinski definition) is 6. The Morgan fingerprint density at radius 1 is 0.704 bits per heavy atom. The van der Waals surface area contributed by atoms with E-state index in [4.69, 9.17) is 4.99 Å². The highest BCUT2D eigenvalue weighted by Crippen LogP contribution is 2.34. The number of likely N-dealkylation sites (tertiary alicyclic amines) is 2. The van der Waals surface area contributed by atoms with Crippen LogP contribution in [0.2, 0.25) is 0 Å². The molecule has 286 valence electrons. The Morgan fingerprint density at radius 3 is 1.70 bits per heavy atom. The summed E-state index contributed by atoms with van der Waals surface area (Å²) in [4.78, 5) is 67.9. The SMILES string of the molecule is CNC(=O)N[C@H](C(=O)N1CCCC1c1ncc(-c2ccc(-c3ccc(C4=CN=C([C@@H]5CCCN5C(=O)[C@@H](NC(=O)NC)C(C)C)C4)cc3)cc2)[nH]1)C(C)C. The highest BCUT2D eigenvalue weighted by atomic mass is 16.2. The second kappa shape index (κ2) is 16.7. The van der Waals surface area contributed by atoms with Gasteiger partial charge in [-0.05, 0) is 65.3 Å². The third kappa shape index (κ3) is 8.19. The molecule has 3 aliphatic heterocycles. The largest absolute Gasteiger partial charge is 0.341 e. The summed E-state index contributed by atoms with van der Waals surface area (Å²) in [5, 5.41) is 10.7. The van der Waals surface area contributed by atoms with E-state index in [1.807, 2.05) is 49.9 Å². The molecule has 4 atom stereocenters. The standard InChI is InChI=1S/C41H53N9O4/c1-24(2)35(47-40(53)42-5)38(51)49-19-7-9-33(49)31-21-30(22-44-31)28-13-11-26(12-14-28)27-15-17-29(18-16-27)32-23-45-37(46-32)34-10-8-20-50(34)39(52)36(25(3)4)48-41(54)43-6/h11-18,22-25,33-36H,7-10,19-21H2,1-6H3,(H,45,46)(H2,42,47,53)(H2,43,48,54)/t33-,34?,35-,36-/m0/s1. The summed E-state index contributed by atoms with van der Waals surface area (Å²) in [5.74, 6) is 0.490. The first-order chi connectivity index (χ1) is 26.0. The lowest BCUT2D eigenvalue weighted by atomic mass is 9.95. The number of aromatic amines is 1. The Kier molecular flexibility index (Phi) is 11.8. The average molecular weight is 736 g/mol. The number of aromatic nitrogens is 2. The van der Waals surface area contributed by atoms with Crippen molar-refractivity contribution < 1.29 is 19.2 Å². The predicted octanol–water partition coefficient (Wildman–Crippen LogP) is 5.49. The number of imidazole rings is 1. The molecular weight excluding hydrogens is 683 g/mol. The number of urea groups is 2. The first kappa shape index (κ1) is 38.3. The fraction of sp³-hybridized carbons (Fsp3) is 0.463. The van der Waals surface area contributed by atoms with Crippen LogP contribution in [0, 0.1) is 11.8 Å². The lowest BCUT2D eigenvalue weighted by molar-refractivity contribution is -0.135. The molecule has 0 spiro atoms. The van der Waals surface area contributed by atoms with Crippen molar-refractivity contribution in [3.05, 3.63) is 72.3 Å². The molecule has 13 heteroatoms. The Morgan fingerprint density at radius 2 is 1.19 bits per heavy atom. The number of allylic oxidation sites excluding steroid dienone is 1. The van der Waals surface area contributed by atoms with Gasteiger partial charge in [-0.15, -0.1) is 0 Å². The molecule has 2 aromatic carbocycles. The lowest BCUT2D eigenvalue weighted by Gasteiger charge is -2.31. The molecule has 3 aromatic rings. The summed E-state index contributed by atoms with van der Waals surface area (Å²) in [6.45, 7) is 9.03. The summed E-state index contributed by atoms with van der Waals surface area (Å²) < 4.78 is 0. The van der Waals surface area contributed by atoms with Crippen LogP contribution in [0.15, 0.2) is 65.9 Å². The zero-order valence-electron chi connectivity index (χ0n) is 32.1. The quantitative estimate of drug-likeness (QED) is 0.176. The van der Waals surface area contributed by atoms with Crippen molar-refractivity contribution in [3.63, 3.8) is 0 Å². The van der Waals surface area contributed by atoms with Gasteiger partial charge in [0.25, 0.3) is 0 Å². The maximum Gasteiger partial charge on any atom is 0.315 e. The van der Waals surface area contributed by atoms with Crippen molar-refractivity contribution in [1.29, 1.82) is 0 Å². The van der Waals surface area contributed by atoms with Gasteiger partial charge in [0.05, 0.1) is 24.0 Å². The average Bonchev–Trinajstić information content (AvgIpc) is 4.02. The van der Waals surface area contributed by atoms with Crippen LogP contribution in [-0.2, 0) is 9.59 Å². The normalized spacial score (nSPS) is 19.4. The molecule has 6 amide bonds. The van der Waals surface area contributed by atoms with Crippen molar-refractivity contribution in [3.8, 4) is 22.4 Å². The Balaban J connectivity index is 1.07. The molecular formula is C41H53N9O4. The van der Waals surface area contributed by atoms with Gasteiger partial charge in [-0.25, -0.2) is 14.6 Å². The van der Waals surface area contributed by atoms with Gasteiger partial charge in [-0.1, -0.05) is 76.2 Å². The van der Waals surface area contributed by atoms with Crippen molar-refractivity contribution >= 4 is 35.2 Å². The number of aliphatic imine (C=N–C) groups is 1. The van der Waals surface area contributed by atoms with Gasteiger partial charge in [0.2, 0.25) is 11.8 Å². The summed E-state index contributed by atoms with van der Waals surface area (Å²) in [6.07, 6.45) is 7.87. The molecule has 5 N–H and O–H groups in total. The second-order valence-corrected chi connectivity index (χ2v) is 15.1. The number of carbonyl (C=O) groups is 4. The van der Waals surface area contributed by atoms with Gasteiger partial charge < -0.3 is 36.1 Å². The van der Waals surface area contributed by atoms with Crippen molar-refractivity contribution in [2.24, 2.45) is 16.8 Å². The Labute approximate surface area is 317 Å². The van der Waals surface area contributed by atoms with Crippen LogP contribution in [0.3, 0.4) is 0 Å². The number of amides is 6. The van der Waals surface area contributed by atoms with E-state index in [-0.39, 0.29) is 47.8 Å². The van der Waals surface area contributed by atoms with Gasteiger partial charge >= 0.3 is 12.1 Å². The molecule has 2 fully saturated rings. The molecule has 2 saturated heterocycles. The minimum Gasteiger partial charge on any atom is -0.341 e. The summed E-state index contributed by atoms with van der Waals surface area (Å²) in [5.41, 5.74) is 7.26. The van der Waals surface area contributed by atoms with Gasteiger partial charge in [-0.3, -0.25) is 14.6 Å². The molecule has 54 heavy (non-hydrogen) atoms. The fourth-order valence-electron chi connectivity index (χ4n) is 7.70. The number of H-pyrrole nitrogens is 1. The number of hydrogen-bond donors (Lipinski definition) is 5. The second-order valence-electron chi connectivity index (χ2n) is 15.1. The highest BCUT2D eigenvalue weighted by molar-refractivity contribution is 6.04. The smallest absolute Gasteiger partial charge is 0.315 e. The van der Waals surface area contributed by atoms with E-state index in [0.29, 0.717) is 19.5 Å². The van der Waals surface area contributed by atoms with E-state index in [1.165, 1.54) is 0 Å². The van der Waals surface area contributed by atoms with E-state index >= 15 is 0 Å². The fourth-order valence-corrected chi connectivity index (χ4v) is 7.70. The number of rotatable bonds is 11. The zero-order chi connectivity index (χ0) is 38.5. The third-order valence-corrected chi connectivity index (χ3v) is 10.8. The molecule has 0 bridgehead atoms. The molecule has 0 aliphatic carbocycles. The molecule has 13 nitrogen and oxygen atoms in total. The van der Waals surface area contributed by atoms with Crippen LogP contribution in [0.5, 0.6) is 0 Å². The number of carbonyl (C=O) groups excluding carboxylic acids is 4. The first-order valence-electron chi connectivity index (χ1n) is 19.1. The molecule has 1 unspecified atom stereocenters. The van der Waals surface area contributed by atoms with Crippen LogP contribution in [0.4, 0.5) is 9.59 Å². The topological polar surface area (TPSA) is 164 Å². The monoisotopic (exact) mass is 735 g/mol. The molecule has 4 heterocycles. The zero-order valence-corrected chi connectivity index (χ0v) is 32.1. The van der Waals surface area contributed by atoms with Crippen molar-refractivity contribution in [1.82, 2.24) is 41.0 Å². The maximum absolute atomic E-state index is 13.6. The van der Waals surface area contributed by atoms with Gasteiger partial charge in [0, 0.05) is 45.5 Å². The van der Waals surface area contributed by atoms with E-state index in [9.17, 15) is 19.2 Å². The summed E-state index contributed by atoms with van der Waals surface area (Å²) >= 11 is 0. The minimum atomic E-state index is -0.619. The van der Waals surface area contributed by atoms with Crippen LogP contribution in [0.1, 0.15) is 77.2 Å². The number of nitrogens with zero attached hydrogens (tertiary/aromatic N) is 4. The number of benzene rings is 2. The van der Waals surface area contributed by atoms with Gasteiger partial charge in [0.15, 0.2) is 0 Å². The highest BCUT2D eigenvalue weighted by Gasteiger charge is 2.39. The first-order valence-corrected chi connectivity index (χ1v) is 19.1. The van der Waals surface area contributed by atoms with E-state index in [0.717, 1.165) is 70.7 Å². The third-order valence-electron chi connectivity index (χ3n) is 10.8. The number of nitrogens with one attached hydrogen (secondary N) is 5. The molecule has 6 rings (SSSR count). The van der Waals surface area contributed by atoms with Crippen molar-refractivity contribution in [2.45, 2.75) is 84.0 Å². The van der Waals surface area contributed by atoms with Crippen LogP contribution in [-0.4, -0.2) is 94.7 Å². The van der Waals surface area contributed by atoms with Crippen molar-refractivity contribution in [2.75, 3.05) is 27.2 Å². The van der Waals surface area contributed by atoms with Crippen LogP contribution in [0.25, 0.3) is 28.0 Å². The van der Waals surface area contributed by atoms with Gasteiger partial charge in [-0.2, -0.15) is 0 Å². The predicted molar refractivity (Wildman–Crippen MR) is 210 cm³/mol.